The van der Waals surface area contributed by atoms with Crippen LogP contribution in [-0.2, 0) is 4.79 Å². The lowest BCUT2D eigenvalue weighted by Gasteiger charge is -2.21. The highest BCUT2D eigenvalue weighted by atomic mass is 35.5. The van der Waals surface area contributed by atoms with Gasteiger partial charge in [0.15, 0.2) is 0 Å². The Hall–Kier alpha value is -0.490. The third-order valence-corrected chi connectivity index (χ3v) is 1.98. The summed E-state index contributed by atoms with van der Waals surface area (Å²) in [6.45, 7) is -1.23. The predicted octanol–water partition coefficient (Wildman–Crippen LogP) is 0.920. The molecule has 0 saturated heterocycles. The van der Waals surface area contributed by atoms with Crippen LogP contribution in [0, 0.1) is 0 Å². The molecular weight excluding hydrogens is 221 g/mol. The van der Waals surface area contributed by atoms with Gasteiger partial charge in [-0.1, -0.05) is 0 Å². The number of rotatable bonds is 2. The van der Waals surface area contributed by atoms with E-state index in [1.54, 1.807) is 0 Å². The molecule has 1 saturated carbocycles. The lowest BCUT2D eigenvalue weighted by atomic mass is 10.2. The average Bonchev–Trinajstić information content (AvgIpc) is 2.64. The lowest BCUT2D eigenvalue weighted by Crippen LogP contribution is -2.46. The van der Waals surface area contributed by atoms with E-state index in [1.807, 2.05) is 0 Å². The van der Waals surface area contributed by atoms with Gasteiger partial charge in [0.05, 0.1) is 5.54 Å². The van der Waals surface area contributed by atoms with Gasteiger partial charge in [0, 0.05) is 7.05 Å². The fourth-order valence-corrected chi connectivity index (χ4v) is 1.07. The molecule has 0 radical (unpaired) electrons. The van der Waals surface area contributed by atoms with Crippen molar-refractivity contribution in [2.24, 2.45) is 5.73 Å². The normalized spacial score (nSPS) is 18.4. The van der Waals surface area contributed by atoms with Crippen LogP contribution in [0.15, 0.2) is 0 Å². The zero-order valence-corrected chi connectivity index (χ0v) is 8.41. The first-order valence-corrected chi connectivity index (χ1v) is 3.86. The Morgan fingerprint density at radius 3 is 2.21 bits per heavy atom. The largest absolute Gasteiger partial charge is 0.406 e. The maximum atomic E-state index is 11.8. The molecule has 1 amide bonds. The van der Waals surface area contributed by atoms with Gasteiger partial charge in [-0.15, -0.1) is 12.4 Å². The zero-order valence-electron chi connectivity index (χ0n) is 7.60. The second-order valence-electron chi connectivity index (χ2n) is 3.43. The van der Waals surface area contributed by atoms with Crippen LogP contribution in [0.25, 0.3) is 0 Å². The van der Waals surface area contributed by atoms with Gasteiger partial charge in [0.2, 0.25) is 5.91 Å². The van der Waals surface area contributed by atoms with Crippen molar-refractivity contribution in [1.82, 2.24) is 4.90 Å². The van der Waals surface area contributed by atoms with Crippen molar-refractivity contribution >= 4 is 18.3 Å². The summed E-state index contributed by atoms with van der Waals surface area (Å²) in [5, 5.41) is 0. The number of likely N-dealkylation sites (N-methyl/N-ethyl adjacent to an activating group) is 1. The smallest absolute Gasteiger partial charge is 0.335 e. The number of carbonyl (C=O) groups excluding carboxylic acids is 1. The molecule has 0 aromatic rings. The number of nitrogens with two attached hydrogens (primary N) is 1. The highest BCUT2D eigenvalue weighted by Crippen LogP contribution is 2.34. The summed E-state index contributed by atoms with van der Waals surface area (Å²) in [6, 6.07) is 0. The zero-order chi connectivity index (χ0) is 10.3. The van der Waals surface area contributed by atoms with Crippen LogP contribution >= 0.6 is 12.4 Å². The first-order valence-electron chi connectivity index (χ1n) is 3.86. The van der Waals surface area contributed by atoms with E-state index in [9.17, 15) is 18.0 Å². The Morgan fingerprint density at radius 2 is 1.93 bits per heavy atom. The molecule has 0 heterocycles. The van der Waals surface area contributed by atoms with Gasteiger partial charge in [-0.05, 0) is 12.8 Å². The molecule has 7 heteroatoms. The molecule has 3 nitrogen and oxygen atoms in total. The average molecular weight is 233 g/mol. The van der Waals surface area contributed by atoms with Crippen LogP contribution in [0.1, 0.15) is 12.8 Å². The van der Waals surface area contributed by atoms with Gasteiger partial charge in [-0.2, -0.15) is 13.2 Å². The molecule has 0 atom stereocenters. The highest BCUT2D eigenvalue weighted by molar-refractivity contribution is 5.88. The van der Waals surface area contributed by atoms with Gasteiger partial charge in [0.1, 0.15) is 6.54 Å². The van der Waals surface area contributed by atoms with Crippen LogP contribution in [0.3, 0.4) is 0 Å². The van der Waals surface area contributed by atoms with Crippen molar-refractivity contribution < 1.29 is 18.0 Å². The summed E-state index contributed by atoms with van der Waals surface area (Å²) >= 11 is 0. The summed E-state index contributed by atoms with van der Waals surface area (Å²) in [4.78, 5) is 11.8. The number of amides is 1. The maximum absolute atomic E-state index is 11.8. The quantitative estimate of drug-likeness (QED) is 0.770. The third-order valence-electron chi connectivity index (χ3n) is 1.98. The van der Waals surface area contributed by atoms with Gasteiger partial charge in [0.25, 0.3) is 0 Å². The predicted molar refractivity (Wildman–Crippen MR) is 47.1 cm³/mol. The Kier molecular flexibility index (Phi) is 3.80. The van der Waals surface area contributed by atoms with Gasteiger partial charge >= 0.3 is 6.18 Å². The Morgan fingerprint density at radius 1 is 1.50 bits per heavy atom. The minimum atomic E-state index is -4.35. The topological polar surface area (TPSA) is 46.3 Å². The summed E-state index contributed by atoms with van der Waals surface area (Å²) in [5.41, 5.74) is 4.44. The maximum Gasteiger partial charge on any atom is 0.406 e. The van der Waals surface area contributed by atoms with E-state index < -0.39 is 24.2 Å². The second-order valence-corrected chi connectivity index (χ2v) is 3.43. The molecule has 0 spiro atoms. The standard InChI is InChI=1S/C7H11F3N2O.ClH/c1-12(4-7(8,9)10)5(13)6(11)2-3-6;/h2-4,11H2,1H3;1H. The summed E-state index contributed by atoms with van der Waals surface area (Å²) in [7, 11) is 1.11. The van der Waals surface area contributed by atoms with E-state index in [2.05, 4.69) is 0 Å². The van der Waals surface area contributed by atoms with Crippen molar-refractivity contribution in [3.63, 3.8) is 0 Å². The van der Waals surface area contributed by atoms with Crippen LogP contribution in [0.2, 0.25) is 0 Å². The van der Waals surface area contributed by atoms with Crippen molar-refractivity contribution in [2.75, 3.05) is 13.6 Å². The van der Waals surface area contributed by atoms with Gasteiger partial charge in [-0.25, -0.2) is 0 Å². The van der Waals surface area contributed by atoms with Crippen LogP contribution in [0.4, 0.5) is 13.2 Å². The molecule has 0 bridgehead atoms. The van der Waals surface area contributed by atoms with Crippen LogP contribution < -0.4 is 5.73 Å². The first-order chi connectivity index (χ1) is 5.75. The SMILES string of the molecule is CN(CC(F)(F)F)C(=O)C1(N)CC1.Cl. The minimum absolute atomic E-state index is 0. The molecule has 0 unspecified atom stereocenters. The first kappa shape index (κ1) is 13.5. The minimum Gasteiger partial charge on any atom is -0.335 e. The molecule has 14 heavy (non-hydrogen) atoms. The number of hydrogen-bond acceptors (Lipinski definition) is 2. The van der Waals surface area contributed by atoms with E-state index in [1.165, 1.54) is 0 Å². The van der Waals surface area contributed by atoms with E-state index in [0.29, 0.717) is 17.7 Å². The molecular formula is C7H12ClF3N2O. The van der Waals surface area contributed by atoms with E-state index in [-0.39, 0.29) is 12.4 Å². The molecule has 1 aliphatic rings. The van der Waals surface area contributed by atoms with Crippen molar-refractivity contribution in [3.05, 3.63) is 0 Å². The number of nitrogens with zero attached hydrogens (tertiary/aromatic N) is 1. The molecule has 1 fully saturated rings. The monoisotopic (exact) mass is 232 g/mol. The number of carbonyl (C=O) groups is 1. The van der Waals surface area contributed by atoms with Crippen molar-refractivity contribution in [2.45, 2.75) is 24.6 Å². The van der Waals surface area contributed by atoms with Crippen LogP contribution in [0.5, 0.6) is 0 Å². The van der Waals surface area contributed by atoms with E-state index >= 15 is 0 Å². The Balaban J connectivity index is 0.00000169. The molecule has 1 aliphatic carbocycles. The van der Waals surface area contributed by atoms with E-state index in [0.717, 1.165) is 7.05 Å². The van der Waals surface area contributed by atoms with Crippen molar-refractivity contribution in [1.29, 1.82) is 0 Å². The third kappa shape index (κ3) is 3.34. The molecule has 0 aliphatic heterocycles. The Bertz CT molecular complexity index is 227. The summed E-state index contributed by atoms with van der Waals surface area (Å²) < 4.78 is 35.5. The second kappa shape index (κ2) is 3.94. The van der Waals surface area contributed by atoms with Gasteiger partial charge in [-0.3, -0.25) is 4.79 Å². The summed E-state index contributed by atoms with van der Waals surface area (Å²) in [6.07, 6.45) is -3.39. The number of hydrogen-bond donors (Lipinski definition) is 1. The summed E-state index contributed by atoms with van der Waals surface area (Å²) in [5.74, 6) is -0.621. The highest BCUT2D eigenvalue weighted by Gasteiger charge is 2.48. The number of halogens is 4. The molecule has 0 aromatic carbocycles. The Labute approximate surface area is 85.8 Å². The fourth-order valence-electron chi connectivity index (χ4n) is 1.07. The fraction of sp³-hybridized carbons (Fsp3) is 0.857. The molecule has 1 rings (SSSR count). The molecule has 0 aromatic heterocycles. The number of alkyl halides is 3. The van der Waals surface area contributed by atoms with Crippen LogP contribution in [-0.4, -0.2) is 36.1 Å². The lowest BCUT2D eigenvalue weighted by molar-refractivity contribution is -0.159. The van der Waals surface area contributed by atoms with E-state index in [4.69, 9.17) is 5.73 Å². The van der Waals surface area contributed by atoms with Crippen molar-refractivity contribution in [3.8, 4) is 0 Å². The van der Waals surface area contributed by atoms with Gasteiger partial charge < -0.3 is 10.6 Å². The molecule has 2 N–H and O–H groups in total. The molecule has 84 valence electrons.